The number of benzene rings is 1. The molecular weight excluding hydrogens is 395 g/mol. The summed E-state index contributed by atoms with van der Waals surface area (Å²) in [6, 6.07) is 4.72. The number of hydrogen-bond donors (Lipinski definition) is 2. The molecule has 0 bridgehead atoms. The first kappa shape index (κ1) is 17.7. The zero-order chi connectivity index (χ0) is 14.8. The van der Waals surface area contributed by atoms with Gasteiger partial charge in [-0.3, -0.25) is 0 Å². The number of halogens is 3. The number of aliphatic imine (C=N–C) groups is 1. The van der Waals surface area contributed by atoms with E-state index in [1.165, 1.54) is 14.2 Å². The Bertz CT molecular complexity index is 518. The molecule has 3 N–H and O–H groups in total. The van der Waals surface area contributed by atoms with Crippen molar-refractivity contribution in [3.8, 4) is 11.5 Å². The maximum Gasteiger partial charge on any atom is 0.252 e. The highest BCUT2D eigenvalue weighted by Gasteiger charge is 2.45. The summed E-state index contributed by atoms with van der Waals surface area (Å²) in [5, 5.41) is 2.84. The molecule has 0 saturated heterocycles. The van der Waals surface area contributed by atoms with Crippen molar-refractivity contribution in [3.05, 3.63) is 18.2 Å². The molecule has 1 aromatic rings. The van der Waals surface area contributed by atoms with E-state index in [0.29, 0.717) is 17.2 Å². The van der Waals surface area contributed by atoms with E-state index < -0.39 is 12.0 Å². The molecule has 0 spiro atoms. The Balaban J connectivity index is 0.00000220. The highest BCUT2D eigenvalue weighted by atomic mass is 127. The standard InChI is InChI=1S/C13H17F2N3O2.HI/c1-19-10-4-3-8(5-11(10)20-2)17-12(16)18-9-6-13(14,15)7-9;/h3-5,9H,6-7H2,1-2H3,(H3,16,17,18);1H. The van der Waals surface area contributed by atoms with E-state index in [0.717, 1.165) is 0 Å². The number of nitrogens with one attached hydrogen (secondary N) is 1. The van der Waals surface area contributed by atoms with Crippen LogP contribution in [0, 0.1) is 0 Å². The fourth-order valence-corrected chi connectivity index (χ4v) is 2.01. The second-order valence-electron chi connectivity index (χ2n) is 4.63. The molecule has 118 valence electrons. The van der Waals surface area contributed by atoms with Crippen molar-refractivity contribution in [2.45, 2.75) is 24.8 Å². The number of hydrogen-bond acceptors (Lipinski definition) is 3. The molecule has 0 amide bonds. The lowest BCUT2D eigenvalue weighted by molar-refractivity contribution is -0.0834. The van der Waals surface area contributed by atoms with Crippen LogP contribution in [0.3, 0.4) is 0 Å². The van der Waals surface area contributed by atoms with Gasteiger partial charge in [0.15, 0.2) is 17.5 Å². The Morgan fingerprint density at radius 2 is 1.90 bits per heavy atom. The molecule has 0 aromatic heterocycles. The number of nitrogens with two attached hydrogens (primary N) is 1. The lowest BCUT2D eigenvalue weighted by Gasteiger charge is -2.32. The molecule has 1 aliphatic carbocycles. The molecule has 21 heavy (non-hydrogen) atoms. The molecule has 1 aliphatic rings. The topological polar surface area (TPSA) is 68.9 Å². The van der Waals surface area contributed by atoms with Crippen LogP contribution in [-0.2, 0) is 0 Å². The lowest BCUT2D eigenvalue weighted by atomic mass is 9.89. The Morgan fingerprint density at radius 3 is 2.43 bits per heavy atom. The maximum atomic E-state index is 12.7. The number of nitrogens with zero attached hydrogens (tertiary/aromatic N) is 1. The number of anilines is 1. The highest BCUT2D eigenvalue weighted by Crippen LogP contribution is 2.39. The molecule has 0 radical (unpaired) electrons. The van der Waals surface area contributed by atoms with Crippen LogP contribution in [0.15, 0.2) is 23.2 Å². The maximum absolute atomic E-state index is 12.7. The fraction of sp³-hybridized carbons (Fsp3) is 0.462. The van der Waals surface area contributed by atoms with Gasteiger partial charge in [-0.1, -0.05) is 0 Å². The summed E-state index contributed by atoms with van der Waals surface area (Å²) in [4.78, 5) is 4.00. The molecule has 0 atom stereocenters. The third-order valence-electron chi connectivity index (χ3n) is 3.05. The van der Waals surface area contributed by atoms with Crippen LogP contribution in [0.2, 0.25) is 0 Å². The van der Waals surface area contributed by atoms with Crippen molar-refractivity contribution in [1.29, 1.82) is 0 Å². The normalized spacial score (nSPS) is 17.4. The van der Waals surface area contributed by atoms with E-state index >= 15 is 0 Å². The van der Waals surface area contributed by atoms with Crippen LogP contribution in [0.25, 0.3) is 0 Å². The number of alkyl halides is 2. The van der Waals surface area contributed by atoms with Crippen molar-refractivity contribution in [2.75, 3.05) is 19.5 Å². The summed E-state index contributed by atoms with van der Waals surface area (Å²) in [5.74, 6) is -1.36. The zero-order valence-electron chi connectivity index (χ0n) is 11.7. The molecule has 1 aromatic carbocycles. The molecule has 0 unspecified atom stereocenters. The van der Waals surface area contributed by atoms with Gasteiger partial charge in [-0.15, -0.1) is 24.0 Å². The number of rotatable bonds is 4. The van der Waals surface area contributed by atoms with E-state index in [2.05, 4.69) is 10.3 Å². The van der Waals surface area contributed by atoms with Gasteiger partial charge in [0.2, 0.25) is 0 Å². The number of guanidine groups is 1. The minimum Gasteiger partial charge on any atom is -0.493 e. The molecule has 8 heteroatoms. The minimum absolute atomic E-state index is 0. The van der Waals surface area contributed by atoms with Crippen LogP contribution in [0.1, 0.15) is 12.8 Å². The largest absolute Gasteiger partial charge is 0.493 e. The average Bonchev–Trinajstić information content (AvgIpc) is 2.36. The zero-order valence-corrected chi connectivity index (χ0v) is 14.1. The van der Waals surface area contributed by atoms with E-state index in [4.69, 9.17) is 15.2 Å². The fourth-order valence-electron chi connectivity index (χ4n) is 2.01. The Labute approximate surface area is 138 Å². The van der Waals surface area contributed by atoms with Gasteiger partial charge >= 0.3 is 0 Å². The molecule has 1 fully saturated rings. The molecule has 0 heterocycles. The first-order valence-electron chi connectivity index (χ1n) is 6.13. The highest BCUT2D eigenvalue weighted by molar-refractivity contribution is 14.0. The van der Waals surface area contributed by atoms with Gasteiger partial charge in [-0.25, -0.2) is 13.8 Å². The quantitative estimate of drug-likeness (QED) is 0.453. The molecule has 1 saturated carbocycles. The van der Waals surface area contributed by atoms with Crippen LogP contribution in [0.4, 0.5) is 14.5 Å². The summed E-state index contributed by atoms with van der Waals surface area (Å²) in [6.07, 6.45) is -0.497. The molecule has 0 aliphatic heterocycles. The van der Waals surface area contributed by atoms with Gasteiger partial charge in [-0.05, 0) is 12.1 Å². The molecular formula is C13H18F2IN3O2. The molecule has 5 nitrogen and oxygen atoms in total. The predicted molar refractivity (Wildman–Crippen MR) is 88.2 cm³/mol. The van der Waals surface area contributed by atoms with Gasteiger partial charge in [0.1, 0.15) is 0 Å². The van der Waals surface area contributed by atoms with E-state index in [1.54, 1.807) is 18.2 Å². The summed E-state index contributed by atoms with van der Waals surface area (Å²) in [6.45, 7) is 0. The second kappa shape index (κ2) is 7.10. The van der Waals surface area contributed by atoms with Crippen molar-refractivity contribution in [1.82, 2.24) is 0 Å². The van der Waals surface area contributed by atoms with Crippen molar-refractivity contribution >= 4 is 35.6 Å². The van der Waals surface area contributed by atoms with E-state index in [-0.39, 0.29) is 42.8 Å². The SMILES string of the molecule is COc1ccc(NC(N)=NC2CC(F)(F)C2)cc1OC.I. The number of ether oxygens (including phenoxy) is 2. The van der Waals surface area contributed by atoms with Crippen molar-refractivity contribution in [3.63, 3.8) is 0 Å². The third-order valence-corrected chi connectivity index (χ3v) is 3.05. The first-order chi connectivity index (χ1) is 9.43. The summed E-state index contributed by atoms with van der Waals surface area (Å²) < 4.78 is 35.6. The lowest BCUT2D eigenvalue weighted by Crippen LogP contribution is -2.40. The Hall–Kier alpha value is -1.32. The van der Waals surface area contributed by atoms with Crippen LogP contribution in [-0.4, -0.2) is 32.1 Å². The Kier molecular flexibility index (Phi) is 5.99. The second-order valence-corrected chi connectivity index (χ2v) is 4.63. The van der Waals surface area contributed by atoms with Crippen molar-refractivity contribution < 1.29 is 18.3 Å². The van der Waals surface area contributed by atoms with Crippen LogP contribution in [0.5, 0.6) is 11.5 Å². The van der Waals surface area contributed by atoms with Crippen molar-refractivity contribution in [2.24, 2.45) is 10.7 Å². The first-order valence-corrected chi connectivity index (χ1v) is 6.13. The summed E-state index contributed by atoms with van der Waals surface area (Å²) in [5.41, 5.74) is 6.34. The molecule has 2 rings (SSSR count). The predicted octanol–water partition coefficient (Wildman–Crippen LogP) is 2.85. The van der Waals surface area contributed by atoms with Gasteiger partial charge in [0.25, 0.3) is 5.92 Å². The Morgan fingerprint density at radius 1 is 1.29 bits per heavy atom. The van der Waals surface area contributed by atoms with Crippen LogP contribution < -0.4 is 20.5 Å². The van der Waals surface area contributed by atoms with Crippen LogP contribution >= 0.6 is 24.0 Å². The monoisotopic (exact) mass is 413 g/mol. The van der Waals surface area contributed by atoms with E-state index in [9.17, 15) is 8.78 Å². The number of methoxy groups -OCH3 is 2. The van der Waals surface area contributed by atoms with Gasteiger partial charge in [0.05, 0.1) is 20.3 Å². The van der Waals surface area contributed by atoms with Gasteiger partial charge in [0, 0.05) is 24.6 Å². The summed E-state index contributed by atoms with van der Waals surface area (Å²) in [7, 11) is 3.06. The average molecular weight is 413 g/mol. The minimum atomic E-state index is -2.60. The smallest absolute Gasteiger partial charge is 0.252 e. The van der Waals surface area contributed by atoms with E-state index in [1.807, 2.05) is 0 Å². The third kappa shape index (κ3) is 4.58. The van der Waals surface area contributed by atoms with Gasteiger partial charge in [-0.2, -0.15) is 0 Å². The summed E-state index contributed by atoms with van der Waals surface area (Å²) >= 11 is 0. The van der Waals surface area contributed by atoms with Gasteiger partial charge < -0.3 is 20.5 Å².